The van der Waals surface area contributed by atoms with Crippen LogP contribution in [-0.4, -0.2) is 14.7 Å². The van der Waals surface area contributed by atoms with Crippen LogP contribution in [0.25, 0.3) is 11.0 Å². The molecule has 0 fully saturated rings. The van der Waals surface area contributed by atoms with Crippen molar-refractivity contribution >= 4 is 16.7 Å². The number of aliphatic hydroxyl groups is 1. The van der Waals surface area contributed by atoms with E-state index in [4.69, 9.17) is 4.98 Å². The summed E-state index contributed by atoms with van der Waals surface area (Å²) in [7, 11) is 0. The fraction of sp³-hybridized carbons (Fsp3) is 0.235. The van der Waals surface area contributed by atoms with Gasteiger partial charge in [0.2, 0.25) is 0 Å². The third kappa shape index (κ3) is 2.76. The minimum atomic E-state index is 0.0585. The first-order chi connectivity index (χ1) is 10.3. The standard InChI is InChI=1S/C17H19N3O/c1-2-20-16-9-4-3-8-15(16)19-17(20)11-18-14-7-5-6-13(10-14)12-21/h3-10,18,21H,2,11-12H2,1H3. The first kappa shape index (κ1) is 13.6. The van der Waals surface area contributed by atoms with E-state index in [0.29, 0.717) is 6.54 Å². The first-order valence-electron chi connectivity index (χ1n) is 7.19. The Morgan fingerprint density at radius 2 is 2.00 bits per heavy atom. The van der Waals surface area contributed by atoms with Gasteiger partial charge in [-0.3, -0.25) is 0 Å². The number of hydrogen-bond acceptors (Lipinski definition) is 3. The quantitative estimate of drug-likeness (QED) is 0.755. The molecule has 2 N–H and O–H groups in total. The second kappa shape index (κ2) is 5.97. The summed E-state index contributed by atoms with van der Waals surface area (Å²) in [6.07, 6.45) is 0. The SMILES string of the molecule is CCn1c(CNc2cccc(CO)c2)nc2ccccc21. The van der Waals surface area contributed by atoms with Gasteiger partial charge in [-0.15, -0.1) is 0 Å². The summed E-state index contributed by atoms with van der Waals surface area (Å²) in [5, 5.41) is 12.6. The minimum absolute atomic E-state index is 0.0585. The fourth-order valence-electron chi connectivity index (χ4n) is 2.57. The van der Waals surface area contributed by atoms with Crippen LogP contribution in [0.5, 0.6) is 0 Å². The van der Waals surface area contributed by atoms with Gasteiger partial charge in [0.05, 0.1) is 24.2 Å². The smallest absolute Gasteiger partial charge is 0.129 e. The van der Waals surface area contributed by atoms with Gasteiger partial charge in [0.25, 0.3) is 0 Å². The summed E-state index contributed by atoms with van der Waals surface area (Å²) in [5.74, 6) is 1.02. The molecule has 1 aromatic heterocycles. The van der Waals surface area contributed by atoms with Crippen molar-refractivity contribution in [3.8, 4) is 0 Å². The molecule has 21 heavy (non-hydrogen) atoms. The number of aryl methyl sites for hydroxylation is 1. The van der Waals surface area contributed by atoms with Crippen LogP contribution < -0.4 is 5.32 Å². The highest BCUT2D eigenvalue weighted by molar-refractivity contribution is 5.76. The predicted octanol–water partition coefficient (Wildman–Crippen LogP) is 3.16. The highest BCUT2D eigenvalue weighted by Crippen LogP contribution is 2.17. The van der Waals surface area contributed by atoms with Gasteiger partial charge in [-0.2, -0.15) is 0 Å². The monoisotopic (exact) mass is 281 g/mol. The van der Waals surface area contributed by atoms with Crippen LogP contribution in [0.3, 0.4) is 0 Å². The lowest BCUT2D eigenvalue weighted by atomic mass is 10.2. The number of aromatic nitrogens is 2. The molecule has 1 heterocycles. The average molecular weight is 281 g/mol. The summed E-state index contributed by atoms with van der Waals surface area (Å²) < 4.78 is 2.22. The average Bonchev–Trinajstić information content (AvgIpc) is 2.90. The Morgan fingerprint density at radius 3 is 2.81 bits per heavy atom. The molecular weight excluding hydrogens is 262 g/mol. The highest BCUT2D eigenvalue weighted by atomic mass is 16.3. The largest absolute Gasteiger partial charge is 0.392 e. The molecule has 0 saturated carbocycles. The molecule has 4 nitrogen and oxygen atoms in total. The lowest BCUT2D eigenvalue weighted by Crippen LogP contribution is -2.08. The zero-order valence-corrected chi connectivity index (χ0v) is 12.1. The maximum Gasteiger partial charge on any atom is 0.129 e. The Balaban J connectivity index is 1.84. The number of para-hydroxylation sites is 2. The molecule has 0 radical (unpaired) electrons. The maximum atomic E-state index is 9.18. The topological polar surface area (TPSA) is 50.1 Å². The first-order valence-corrected chi connectivity index (χ1v) is 7.19. The molecule has 0 aliphatic heterocycles. The van der Waals surface area contributed by atoms with Gasteiger partial charge >= 0.3 is 0 Å². The van der Waals surface area contributed by atoms with Crippen molar-refractivity contribution in [2.75, 3.05) is 5.32 Å². The van der Waals surface area contributed by atoms with Crippen molar-refractivity contribution in [2.24, 2.45) is 0 Å². The number of hydrogen-bond donors (Lipinski definition) is 2. The number of aliphatic hydroxyl groups excluding tert-OH is 1. The van der Waals surface area contributed by atoms with Gasteiger partial charge in [-0.05, 0) is 36.8 Å². The van der Waals surface area contributed by atoms with Crippen molar-refractivity contribution in [3.63, 3.8) is 0 Å². The number of nitrogens with one attached hydrogen (secondary N) is 1. The fourth-order valence-corrected chi connectivity index (χ4v) is 2.57. The Labute approximate surface area is 124 Å². The van der Waals surface area contributed by atoms with Crippen LogP contribution in [0.15, 0.2) is 48.5 Å². The molecule has 0 aliphatic carbocycles. The van der Waals surface area contributed by atoms with E-state index in [1.165, 1.54) is 5.52 Å². The molecule has 4 heteroatoms. The lowest BCUT2D eigenvalue weighted by Gasteiger charge is -2.09. The van der Waals surface area contributed by atoms with E-state index < -0.39 is 0 Å². The van der Waals surface area contributed by atoms with Gasteiger partial charge in [0.15, 0.2) is 0 Å². The highest BCUT2D eigenvalue weighted by Gasteiger charge is 2.08. The molecule has 3 rings (SSSR count). The third-order valence-corrected chi connectivity index (χ3v) is 3.61. The molecule has 108 valence electrons. The van der Waals surface area contributed by atoms with E-state index in [9.17, 15) is 5.11 Å². The molecule has 2 aromatic carbocycles. The Morgan fingerprint density at radius 1 is 1.14 bits per heavy atom. The van der Waals surface area contributed by atoms with Gasteiger partial charge in [-0.25, -0.2) is 4.98 Å². The van der Waals surface area contributed by atoms with Crippen LogP contribution in [-0.2, 0) is 19.7 Å². The molecule has 0 amide bonds. The number of rotatable bonds is 5. The van der Waals surface area contributed by atoms with Crippen LogP contribution in [0.2, 0.25) is 0 Å². The van der Waals surface area contributed by atoms with Crippen LogP contribution in [0.1, 0.15) is 18.3 Å². The van der Waals surface area contributed by atoms with E-state index in [0.717, 1.165) is 29.1 Å². The van der Waals surface area contributed by atoms with Crippen molar-refractivity contribution in [2.45, 2.75) is 26.6 Å². The summed E-state index contributed by atoms with van der Waals surface area (Å²) >= 11 is 0. The molecule has 0 spiro atoms. The number of fused-ring (bicyclic) bond motifs is 1. The van der Waals surface area contributed by atoms with Gasteiger partial charge in [-0.1, -0.05) is 24.3 Å². The Kier molecular flexibility index (Phi) is 3.88. The number of benzene rings is 2. The van der Waals surface area contributed by atoms with Crippen LogP contribution >= 0.6 is 0 Å². The van der Waals surface area contributed by atoms with E-state index >= 15 is 0 Å². The Bertz CT molecular complexity index is 749. The zero-order valence-electron chi connectivity index (χ0n) is 12.1. The normalized spacial score (nSPS) is 11.0. The maximum absolute atomic E-state index is 9.18. The van der Waals surface area contributed by atoms with E-state index in [2.05, 4.69) is 22.9 Å². The third-order valence-electron chi connectivity index (χ3n) is 3.61. The number of imidazole rings is 1. The number of nitrogens with zero attached hydrogens (tertiary/aromatic N) is 2. The van der Waals surface area contributed by atoms with Crippen LogP contribution in [0, 0.1) is 0 Å². The lowest BCUT2D eigenvalue weighted by molar-refractivity contribution is 0.282. The summed E-state index contributed by atoms with van der Waals surface area (Å²) in [6, 6.07) is 16.0. The molecular formula is C17H19N3O. The van der Waals surface area contributed by atoms with E-state index in [-0.39, 0.29) is 6.61 Å². The molecule has 0 unspecified atom stereocenters. The van der Waals surface area contributed by atoms with E-state index in [1.807, 2.05) is 42.5 Å². The molecule has 3 aromatic rings. The second-order valence-corrected chi connectivity index (χ2v) is 4.97. The summed E-state index contributed by atoms with van der Waals surface area (Å²) in [6.45, 7) is 3.75. The predicted molar refractivity (Wildman–Crippen MR) is 85.1 cm³/mol. The molecule has 0 atom stereocenters. The van der Waals surface area contributed by atoms with Gasteiger partial charge < -0.3 is 15.0 Å². The summed E-state index contributed by atoms with van der Waals surface area (Å²) in [4.78, 5) is 4.69. The molecule has 0 bridgehead atoms. The van der Waals surface area contributed by atoms with Gasteiger partial charge in [0, 0.05) is 12.2 Å². The molecule has 0 aliphatic rings. The van der Waals surface area contributed by atoms with Crippen molar-refractivity contribution < 1.29 is 5.11 Å². The van der Waals surface area contributed by atoms with Crippen LogP contribution in [0.4, 0.5) is 5.69 Å². The summed E-state index contributed by atoms with van der Waals surface area (Å²) in [5.41, 5.74) is 4.10. The minimum Gasteiger partial charge on any atom is -0.392 e. The van der Waals surface area contributed by atoms with Crippen molar-refractivity contribution in [1.29, 1.82) is 0 Å². The van der Waals surface area contributed by atoms with Gasteiger partial charge in [0.1, 0.15) is 5.82 Å². The second-order valence-electron chi connectivity index (χ2n) is 4.97. The number of anilines is 1. The molecule has 0 saturated heterocycles. The van der Waals surface area contributed by atoms with E-state index in [1.54, 1.807) is 0 Å². The Hall–Kier alpha value is -2.33. The van der Waals surface area contributed by atoms with Crippen molar-refractivity contribution in [1.82, 2.24) is 9.55 Å². The van der Waals surface area contributed by atoms with Crippen molar-refractivity contribution in [3.05, 3.63) is 59.9 Å². The zero-order chi connectivity index (χ0) is 14.7.